The Labute approximate surface area is 158 Å². The van der Waals surface area contributed by atoms with Crippen molar-refractivity contribution in [2.75, 3.05) is 6.54 Å². The van der Waals surface area contributed by atoms with Crippen molar-refractivity contribution >= 4 is 18.9 Å². The smallest absolute Gasteiger partial charge is 0.461 e. The maximum absolute atomic E-state index is 13.0. The Kier molecular flexibility index (Phi) is 4.74. The first-order chi connectivity index (χ1) is 13.0. The minimum atomic E-state index is -1.12. The van der Waals surface area contributed by atoms with E-state index >= 15 is 0 Å². The van der Waals surface area contributed by atoms with Gasteiger partial charge < -0.3 is 19.2 Å². The van der Waals surface area contributed by atoms with E-state index in [-0.39, 0.29) is 30.3 Å². The maximum atomic E-state index is 13.0. The average Bonchev–Trinajstić information content (AvgIpc) is 3.21. The van der Waals surface area contributed by atoms with Crippen LogP contribution in [-0.4, -0.2) is 40.5 Å². The molecule has 1 aliphatic carbocycles. The largest absolute Gasteiger partial charge is 0.487 e. The van der Waals surface area contributed by atoms with Crippen LogP contribution in [-0.2, 0) is 20.9 Å². The highest BCUT2D eigenvalue weighted by atomic mass is 16.5. The van der Waals surface area contributed by atoms with E-state index < -0.39 is 19.1 Å². The van der Waals surface area contributed by atoms with E-state index in [9.17, 15) is 19.7 Å². The molecule has 1 aromatic rings. The van der Waals surface area contributed by atoms with Crippen molar-refractivity contribution in [2.24, 2.45) is 17.8 Å². The second-order valence-corrected chi connectivity index (χ2v) is 7.68. The Balaban J connectivity index is 1.68. The van der Waals surface area contributed by atoms with E-state index in [1.807, 2.05) is 13.8 Å². The van der Waals surface area contributed by atoms with Crippen molar-refractivity contribution in [3.63, 3.8) is 0 Å². The lowest BCUT2D eigenvalue weighted by Crippen LogP contribution is -2.44. The quantitative estimate of drug-likeness (QED) is 0.614. The summed E-state index contributed by atoms with van der Waals surface area (Å²) in [6, 6.07) is 3.38. The summed E-state index contributed by atoms with van der Waals surface area (Å²) >= 11 is 0. The van der Waals surface area contributed by atoms with Crippen molar-refractivity contribution < 1.29 is 28.8 Å². The average molecular weight is 373 g/mol. The molecule has 0 aromatic carbocycles. The van der Waals surface area contributed by atoms with Crippen LogP contribution in [0.1, 0.15) is 50.7 Å². The number of hydrogen-bond acceptors (Lipinski definition) is 6. The molecule has 0 saturated carbocycles. The standard InChI is InChI=1S/C19H24BNO6/c1-3-6-21-18(23)13-7-10(2)17-12(16(13)19(21)24)8-15(27-20(17)25)14-5-4-11(9-22)26-14/h4-5,12-13,15-16,22,25H,3,6-9H2,1-2H3/t12-,13-,15-,16+/m0/s1. The Morgan fingerprint density at radius 3 is 2.70 bits per heavy atom. The predicted molar refractivity (Wildman–Crippen MR) is 95.8 cm³/mol. The van der Waals surface area contributed by atoms with Crippen LogP contribution >= 0.6 is 0 Å². The molecule has 4 atom stereocenters. The van der Waals surface area contributed by atoms with Crippen LogP contribution < -0.4 is 0 Å². The van der Waals surface area contributed by atoms with Crippen LogP contribution in [0.15, 0.2) is 27.6 Å². The zero-order valence-electron chi connectivity index (χ0n) is 15.6. The zero-order valence-corrected chi connectivity index (χ0v) is 15.6. The van der Waals surface area contributed by atoms with Gasteiger partial charge in [-0.25, -0.2) is 0 Å². The van der Waals surface area contributed by atoms with Crippen molar-refractivity contribution in [2.45, 2.75) is 45.8 Å². The fourth-order valence-corrected chi connectivity index (χ4v) is 4.90. The number of carbonyl (C=O) groups excluding carboxylic acids is 2. The summed E-state index contributed by atoms with van der Waals surface area (Å²) in [4.78, 5) is 27.2. The van der Waals surface area contributed by atoms with E-state index in [0.29, 0.717) is 30.9 Å². The zero-order chi connectivity index (χ0) is 19.3. The van der Waals surface area contributed by atoms with Gasteiger partial charge in [0.25, 0.3) is 0 Å². The van der Waals surface area contributed by atoms with Crippen molar-refractivity contribution in [1.29, 1.82) is 0 Å². The van der Waals surface area contributed by atoms with Crippen LogP contribution in [0.25, 0.3) is 0 Å². The van der Waals surface area contributed by atoms with Crippen molar-refractivity contribution in [3.8, 4) is 0 Å². The predicted octanol–water partition coefficient (Wildman–Crippen LogP) is 1.60. The fourth-order valence-electron chi connectivity index (χ4n) is 4.90. The Bertz CT molecular complexity index is 802. The topological polar surface area (TPSA) is 100 Å². The molecule has 144 valence electrons. The third-order valence-electron chi connectivity index (χ3n) is 6.05. The van der Waals surface area contributed by atoms with Gasteiger partial charge in [0.05, 0.1) is 11.8 Å². The molecule has 2 saturated heterocycles. The second-order valence-electron chi connectivity index (χ2n) is 7.68. The minimum absolute atomic E-state index is 0.0941. The SMILES string of the molecule is CCCN1C(=O)[C@H]2[C@H](CC(C)=C3B(O)O[C@H](c4ccc(CO)o4)C[C@H]32)C1=O. The summed E-state index contributed by atoms with van der Waals surface area (Å²) in [6.07, 6.45) is 1.15. The van der Waals surface area contributed by atoms with Gasteiger partial charge in [0, 0.05) is 6.54 Å². The molecule has 3 aliphatic rings. The van der Waals surface area contributed by atoms with E-state index in [2.05, 4.69) is 0 Å². The minimum Gasteiger partial charge on any atom is -0.461 e. The van der Waals surface area contributed by atoms with Gasteiger partial charge >= 0.3 is 7.12 Å². The number of imide groups is 1. The molecule has 4 rings (SSSR count). The molecule has 2 amide bonds. The number of amides is 2. The molecule has 1 aromatic heterocycles. The molecule has 2 fully saturated rings. The van der Waals surface area contributed by atoms with Gasteiger partial charge in [-0.05, 0) is 49.7 Å². The molecule has 2 N–H and O–H groups in total. The van der Waals surface area contributed by atoms with Crippen LogP contribution in [0, 0.1) is 17.8 Å². The van der Waals surface area contributed by atoms with Crippen molar-refractivity contribution in [3.05, 3.63) is 34.7 Å². The number of aliphatic hydroxyl groups excluding tert-OH is 1. The number of likely N-dealkylation sites (tertiary alicyclic amines) is 1. The molecule has 7 nitrogen and oxygen atoms in total. The van der Waals surface area contributed by atoms with Crippen LogP contribution in [0.3, 0.4) is 0 Å². The molecule has 0 unspecified atom stereocenters. The third kappa shape index (κ3) is 2.87. The number of allylic oxidation sites excluding steroid dienone is 2. The summed E-state index contributed by atoms with van der Waals surface area (Å²) < 4.78 is 11.3. The van der Waals surface area contributed by atoms with Gasteiger partial charge in [-0.15, -0.1) is 0 Å². The fraction of sp³-hybridized carbons (Fsp3) is 0.579. The lowest BCUT2D eigenvalue weighted by Gasteiger charge is -2.41. The number of nitrogens with zero attached hydrogens (tertiary/aromatic N) is 1. The molecular weight excluding hydrogens is 349 g/mol. The highest BCUT2D eigenvalue weighted by molar-refractivity contribution is 6.53. The normalized spacial score (nSPS) is 30.8. The number of aliphatic hydroxyl groups is 1. The number of fused-ring (bicyclic) bond motifs is 3. The van der Waals surface area contributed by atoms with Crippen LogP contribution in [0.4, 0.5) is 0 Å². The van der Waals surface area contributed by atoms with E-state index in [4.69, 9.17) is 9.07 Å². The lowest BCUT2D eigenvalue weighted by molar-refractivity contribution is -0.140. The number of furan rings is 1. The van der Waals surface area contributed by atoms with Gasteiger partial charge in [-0.3, -0.25) is 14.5 Å². The number of rotatable bonds is 4. The monoisotopic (exact) mass is 373 g/mol. The first kappa shape index (κ1) is 18.5. The lowest BCUT2D eigenvalue weighted by atomic mass is 9.55. The highest BCUT2D eigenvalue weighted by Gasteiger charge is 2.57. The van der Waals surface area contributed by atoms with E-state index in [1.165, 1.54) is 4.90 Å². The molecule has 0 bridgehead atoms. The van der Waals surface area contributed by atoms with Crippen LogP contribution in [0.5, 0.6) is 0 Å². The maximum Gasteiger partial charge on any atom is 0.487 e. The number of hydrogen-bond donors (Lipinski definition) is 2. The van der Waals surface area contributed by atoms with Crippen molar-refractivity contribution in [1.82, 2.24) is 4.90 Å². The molecule has 0 spiro atoms. The van der Waals surface area contributed by atoms with E-state index in [1.54, 1.807) is 12.1 Å². The first-order valence-corrected chi connectivity index (χ1v) is 9.54. The molecule has 8 heteroatoms. The van der Waals surface area contributed by atoms with Gasteiger partial charge in [0.1, 0.15) is 24.2 Å². The Morgan fingerprint density at radius 1 is 1.26 bits per heavy atom. The Morgan fingerprint density at radius 2 is 2.04 bits per heavy atom. The molecule has 27 heavy (non-hydrogen) atoms. The first-order valence-electron chi connectivity index (χ1n) is 9.54. The van der Waals surface area contributed by atoms with Gasteiger partial charge in [-0.1, -0.05) is 12.5 Å². The summed E-state index contributed by atoms with van der Waals surface area (Å²) in [6.45, 7) is 4.07. The summed E-state index contributed by atoms with van der Waals surface area (Å²) in [5.41, 5.74) is 1.67. The highest BCUT2D eigenvalue weighted by Crippen LogP contribution is 2.51. The van der Waals surface area contributed by atoms with Gasteiger partial charge in [0.15, 0.2) is 0 Å². The third-order valence-corrected chi connectivity index (χ3v) is 6.05. The summed E-state index contributed by atoms with van der Waals surface area (Å²) in [7, 11) is -1.12. The van der Waals surface area contributed by atoms with E-state index in [0.717, 1.165) is 17.5 Å². The summed E-state index contributed by atoms with van der Waals surface area (Å²) in [5, 5.41) is 19.8. The van der Waals surface area contributed by atoms with Crippen LogP contribution in [0.2, 0.25) is 0 Å². The summed E-state index contributed by atoms with van der Waals surface area (Å²) in [5.74, 6) is -0.348. The Hall–Kier alpha value is -1.90. The molecule has 2 aliphatic heterocycles. The molecule has 0 radical (unpaired) electrons. The van der Waals surface area contributed by atoms with Gasteiger partial charge in [-0.2, -0.15) is 0 Å². The number of carbonyl (C=O) groups is 2. The molecular formula is C19H24BNO6. The second kappa shape index (κ2) is 6.93. The van der Waals surface area contributed by atoms with Gasteiger partial charge in [0.2, 0.25) is 11.8 Å². The molecule has 3 heterocycles.